The molecular weight excluding hydrogens is 306 g/mol. The van der Waals surface area contributed by atoms with Crippen LogP contribution < -0.4 is 4.48 Å². The first-order chi connectivity index (χ1) is 10.7. The summed E-state index contributed by atoms with van der Waals surface area (Å²) in [4.78, 5) is 32.5. The maximum atomic E-state index is 11.4. The van der Waals surface area contributed by atoms with Gasteiger partial charge in [-0.15, -0.1) is 0 Å². The Hall–Kier alpha value is -2.55. The van der Waals surface area contributed by atoms with Crippen molar-refractivity contribution in [2.75, 3.05) is 19.6 Å². The van der Waals surface area contributed by atoms with Gasteiger partial charge in [0.25, 0.3) is 5.69 Å². The molecule has 9 nitrogen and oxygen atoms in total. The number of nitrogens with zero attached hydrogens (tertiary/aromatic N) is 3. The normalized spacial score (nSPS) is 11.3. The number of nitro groups is 2. The molecule has 1 N–H and O–H groups in total. The lowest BCUT2D eigenvalue weighted by molar-refractivity contribution is -0.394. The van der Waals surface area contributed by atoms with Crippen LogP contribution in [0.2, 0.25) is 0 Å². The fourth-order valence-electron chi connectivity index (χ4n) is 2.89. The summed E-state index contributed by atoms with van der Waals surface area (Å²) >= 11 is 0. The number of quaternary nitrogens is 1. The molecule has 1 rings (SSSR count). The van der Waals surface area contributed by atoms with Crippen LogP contribution in [0.5, 0.6) is 0 Å². The number of rotatable bonds is 8. The minimum atomic E-state index is -1.44. The van der Waals surface area contributed by atoms with E-state index in [4.69, 9.17) is 5.11 Å². The van der Waals surface area contributed by atoms with Crippen LogP contribution in [0.1, 0.15) is 37.6 Å². The van der Waals surface area contributed by atoms with E-state index in [1.54, 1.807) is 13.8 Å². The summed E-state index contributed by atoms with van der Waals surface area (Å²) in [5.41, 5.74) is -1.53. The zero-order valence-corrected chi connectivity index (χ0v) is 13.3. The van der Waals surface area contributed by atoms with Crippen LogP contribution in [0.15, 0.2) is 12.1 Å². The average molecular weight is 326 g/mol. The van der Waals surface area contributed by atoms with Crippen molar-refractivity contribution < 1.29 is 19.7 Å². The van der Waals surface area contributed by atoms with Crippen LogP contribution in [0.25, 0.3) is 0 Å². The van der Waals surface area contributed by atoms with Crippen molar-refractivity contribution in [2.24, 2.45) is 0 Å². The molecule has 1 aromatic rings. The largest absolute Gasteiger partial charge is 0.478 e. The second kappa shape index (κ2) is 7.14. The van der Waals surface area contributed by atoms with Gasteiger partial charge in [0, 0.05) is 12.1 Å². The molecule has 0 unspecified atom stereocenters. The van der Waals surface area contributed by atoms with Crippen LogP contribution >= 0.6 is 0 Å². The Morgan fingerprint density at radius 3 is 1.78 bits per heavy atom. The lowest BCUT2D eigenvalue weighted by Gasteiger charge is -2.34. The molecule has 0 heterocycles. The Labute approximate surface area is 133 Å². The summed E-state index contributed by atoms with van der Waals surface area (Å²) < 4.78 is 0.0586. The fraction of sp³-hybridized carbons (Fsp3) is 0.500. The Morgan fingerprint density at radius 1 is 1.09 bits per heavy atom. The lowest BCUT2D eigenvalue weighted by atomic mass is 10.1. The highest BCUT2D eigenvalue weighted by Crippen LogP contribution is 2.42. The smallest absolute Gasteiger partial charge is 0.337 e. The first-order valence-corrected chi connectivity index (χ1v) is 7.30. The molecule has 0 saturated heterocycles. The van der Waals surface area contributed by atoms with Crippen LogP contribution in [0, 0.1) is 20.2 Å². The summed E-state index contributed by atoms with van der Waals surface area (Å²) in [6.45, 7) is 6.84. The average Bonchev–Trinajstić information content (AvgIpc) is 2.51. The monoisotopic (exact) mass is 326 g/mol. The highest BCUT2D eigenvalue weighted by atomic mass is 16.6. The lowest BCUT2D eigenvalue weighted by Crippen LogP contribution is -2.50. The Kier molecular flexibility index (Phi) is 5.74. The van der Waals surface area contributed by atoms with Gasteiger partial charge in [-0.05, 0) is 20.3 Å². The summed E-state index contributed by atoms with van der Waals surface area (Å²) in [6, 6.07) is 1.80. The van der Waals surface area contributed by atoms with Gasteiger partial charge >= 0.3 is 17.3 Å². The first kappa shape index (κ1) is 18.5. The van der Waals surface area contributed by atoms with Crippen LogP contribution in [0.4, 0.5) is 17.1 Å². The molecule has 0 radical (unpaired) electrons. The van der Waals surface area contributed by atoms with Gasteiger partial charge in [-0.2, -0.15) is 0 Å². The molecule has 0 bridgehead atoms. The predicted octanol–water partition coefficient (Wildman–Crippen LogP) is 2.96. The Bertz CT molecular complexity index is 604. The Morgan fingerprint density at radius 2 is 1.52 bits per heavy atom. The number of carboxylic acids is 1. The molecule has 0 fully saturated rings. The van der Waals surface area contributed by atoms with Gasteiger partial charge in [0.15, 0.2) is 0 Å². The molecule has 1 aromatic carbocycles. The summed E-state index contributed by atoms with van der Waals surface area (Å²) in [7, 11) is 0. The molecule has 0 saturated carbocycles. The third kappa shape index (κ3) is 3.45. The molecule has 9 heteroatoms. The summed E-state index contributed by atoms with van der Waals surface area (Å²) in [5, 5.41) is 31.9. The fourth-order valence-corrected chi connectivity index (χ4v) is 2.89. The summed E-state index contributed by atoms with van der Waals surface area (Å²) in [6.07, 6.45) is 0.677. The van der Waals surface area contributed by atoms with Crippen LogP contribution in [0.3, 0.4) is 0 Å². The Balaban J connectivity index is 3.90. The number of nitro benzene ring substituents is 2. The van der Waals surface area contributed by atoms with Crippen molar-refractivity contribution in [2.45, 2.75) is 27.2 Å². The van der Waals surface area contributed by atoms with Gasteiger partial charge in [0.1, 0.15) is 0 Å². The standard InChI is InChI=1S/C14H19N3O6/c1-4-7-17(5-2,6-3)13-11(15(20)21)8-10(14(18)19)9-12(13)16(22)23/h8-9H,4-7H2,1-3H3/p+1. The highest BCUT2D eigenvalue weighted by Gasteiger charge is 2.42. The number of carbonyl (C=O) groups is 1. The molecule has 0 amide bonds. The van der Waals surface area contributed by atoms with Crippen LogP contribution in [-0.4, -0.2) is 40.6 Å². The van der Waals surface area contributed by atoms with Crippen LogP contribution in [-0.2, 0) is 0 Å². The van der Waals surface area contributed by atoms with E-state index in [1.807, 2.05) is 6.92 Å². The van der Waals surface area contributed by atoms with Gasteiger partial charge in [0.05, 0.1) is 35.0 Å². The highest BCUT2D eigenvalue weighted by molar-refractivity contribution is 5.92. The third-order valence-corrected chi connectivity index (χ3v) is 4.05. The van der Waals surface area contributed by atoms with Gasteiger partial charge in [-0.3, -0.25) is 24.7 Å². The molecule has 0 atom stereocenters. The molecule has 23 heavy (non-hydrogen) atoms. The molecule has 126 valence electrons. The molecule has 0 aliphatic rings. The van der Waals surface area contributed by atoms with Gasteiger partial charge < -0.3 is 5.11 Å². The van der Waals surface area contributed by atoms with Crippen molar-refractivity contribution in [3.63, 3.8) is 0 Å². The van der Waals surface area contributed by atoms with Crippen molar-refractivity contribution in [1.82, 2.24) is 4.48 Å². The topological polar surface area (TPSA) is 124 Å². The van der Waals surface area contributed by atoms with Crippen molar-refractivity contribution in [1.29, 1.82) is 0 Å². The number of hydrogen-bond donors (Lipinski definition) is 1. The van der Waals surface area contributed by atoms with E-state index < -0.39 is 32.8 Å². The minimum Gasteiger partial charge on any atom is -0.478 e. The number of aromatic carboxylic acids is 1. The zero-order chi connectivity index (χ0) is 17.8. The number of hydrogen-bond acceptors (Lipinski definition) is 5. The number of carboxylic acid groups (broad SMARTS) is 1. The van der Waals surface area contributed by atoms with E-state index in [-0.39, 0.29) is 10.2 Å². The van der Waals surface area contributed by atoms with E-state index in [0.29, 0.717) is 26.1 Å². The van der Waals surface area contributed by atoms with E-state index in [9.17, 15) is 25.0 Å². The maximum absolute atomic E-state index is 11.4. The second-order valence-corrected chi connectivity index (χ2v) is 5.18. The number of benzene rings is 1. The first-order valence-electron chi connectivity index (χ1n) is 7.30. The molecule has 0 spiro atoms. The van der Waals surface area contributed by atoms with Gasteiger partial charge in [-0.25, -0.2) is 4.79 Å². The quantitative estimate of drug-likeness (QED) is 0.445. The third-order valence-electron chi connectivity index (χ3n) is 4.05. The van der Waals surface area contributed by atoms with Gasteiger partial charge in [0.2, 0.25) is 0 Å². The predicted molar refractivity (Wildman–Crippen MR) is 84.7 cm³/mol. The SMILES string of the molecule is CCC[N+](CC)(CC)c1c([N+](=O)[O-])cc(C(=O)O)cc1[N+](=O)[O-]. The van der Waals surface area contributed by atoms with E-state index in [1.165, 1.54) is 0 Å². The molecule has 0 aliphatic carbocycles. The van der Waals surface area contributed by atoms with E-state index in [2.05, 4.69) is 0 Å². The van der Waals surface area contributed by atoms with E-state index in [0.717, 1.165) is 12.1 Å². The van der Waals surface area contributed by atoms with Gasteiger partial charge in [-0.1, -0.05) is 6.92 Å². The second-order valence-electron chi connectivity index (χ2n) is 5.18. The van der Waals surface area contributed by atoms with Crippen molar-refractivity contribution >= 4 is 23.0 Å². The van der Waals surface area contributed by atoms with E-state index >= 15 is 0 Å². The molecule has 0 aromatic heterocycles. The van der Waals surface area contributed by atoms with Crippen molar-refractivity contribution in [3.8, 4) is 0 Å². The zero-order valence-electron chi connectivity index (χ0n) is 13.3. The summed E-state index contributed by atoms with van der Waals surface area (Å²) in [5.74, 6) is -1.44. The van der Waals surface area contributed by atoms with Crippen molar-refractivity contribution in [3.05, 3.63) is 37.9 Å². The molecular formula is C14H20N3O6+. The minimum absolute atomic E-state index is 0.0307. The molecule has 0 aliphatic heterocycles. The maximum Gasteiger partial charge on any atom is 0.337 e.